The molecule has 1 aliphatic heterocycles. The zero-order chi connectivity index (χ0) is 17.6. The van der Waals surface area contributed by atoms with Crippen molar-refractivity contribution in [1.29, 1.82) is 0 Å². The predicted octanol–water partition coefficient (Wildman–Crippen LogP) is 2.66. The van der Waals surface area contributed by atoms with Crippen molar-refractivity contribution < 1.29 is 4.79 Å². The molecule has 128 valence electrons. The van der Waals surface area contributed by atoms with Crippen LogP contribution < -0.4 is 5.56 Å². The molecule has 1 fully saturated rings. The highest BCUT2D eigenvalue weighted by molar-refractivity contribution is 5.81. The van der Waals surface area contributed by atoms with E-state index in [9.17, 15) is 9.59 Å². The number of rotatable bonds is 2. The minimum atomic E-state index is -0.174. The lowest BCUT2D eigenvalue weighted by Crippen LogP contribution is -2.42. The molecule has 0 saturated carbocycles. The van der Waals surface area contributed by atoms with Crippen molar-refractivity contribution in [3.8, 4) is 0 Å². The van der Waals surface area contributed by atoms with E-state index in [-0.39, 0.29) is 22.9 Å². The van der Waals surface area contributed by atoms with Gasteiger partial charge in [0.25, 0.3) is 5.56 Å². The Labute approximate surface area is 142 Å². The fourth-order valence-corrected chi connectivity index (χ4v) is 3.43. The Morgan fingerprint density at radius 2 is 1.92 bits per heavy atom. The van der Waals surface area contributed by atoms with E-state index >= 15 is 0 Å². The molecule has 3 rings (SSSR count). The predicted molar refractivity (Wildman–Crippen MR) is 95.1 cm³/mol. The fraction of sp³-hybridized carbons (Fsp3) is 0.526. The first kappa shape index (κ1) is 16.7. The Balaban J connectivity index is 1.90. The van der Waals surface area contributed by atoms with E-state index < -0.39 is 0 Å². The minimum absolute atomic E-state index is 0.0234. The van der Waals surface area contributed by atoms with E-state index in [0.717, 1.165) is 16.6 Å². The highest BCUT2D eigenvalue weighted by Gasteiger charge is 2.36. The van der Waals surface area contributed by atoms with Gasteiger partial charge in [-0.05, 0) is 51.8 Å². The van der Waals surface area contributed by atoms with Gasteiger partial charge in [-0.2, -0.15) is 0 Å². The number of aromatic nitrogens is 2. The van der Waals surface area contributed by atoms with Crippen molar-refractivity contribution in [2.75, 3.05) is 6.54 Å². The summed E-state index contributed by atoms with van der Waals surface area (Å²) in [5.41, 5.74) is 2.76. The average molecular weight is 327 g/mol. The van der Waals surface area contributed by atoms with E-state index in [0.29, 0.717) is 24.9 Å². The Hall–Kier alpha value is -2.17. The Morgan fingerprint density at radius 3 is 2.54 bits per heavy atom. The van der Waals surface area contributed by atoms with Gasteiger partial charge in [0.2, 0.25) is 5.91 Å². The highest BCUT2D eigenvalue weighted by atomic mass is 16.2. The van der Waals surface area contributed by atoms with Crippen LogP contribution >= 0.6 is 0 Å². The molecule has 1 amide bonds. The molecule has 1 aliphatic rings. The lowest BCUT2D eigenvalue weighted by Gasteiger charge is -2.32. The van der Waals surface area contributed by atoms with Crippen molar-refractivity contribution >= 4 is 16.8 Å². The van der Waals surface area contributed by atoms with Crippen LogP contribution in [0.15, 0.2) is 23.3 Å². The average Bonchev–Trinajstić information content (AvgIpc) is 2.87. The van der Waals surface area contributed by atoms with E-state index in [2.05, 4.69) is 4.98 Å². The minimum Gasteiger partial charge on any atom is -0.337 e. The number of hydrogen-bond acceptors (Lipinski definition) is 3. The topological polar surface area (TPSA) is 55.2 Å². The lowest BCUT2D eigenvalue weighted by molar-refractivity contribution is -0.131. The molecule has 0 unspecified atom stereocenters. The van der Waals surface area contributed by atoms with Gasteiger partial charge in [0.15, 0.2) is 0 Å². The molecule has 5 nitrogen and oxygen atoms in total. The zero-order valence-corrected chi connectivity index (χ0v) is 15.1. The summed E-state index contributed by atoms with van der Waals surface area (Å²) in [6.45, 7) is 11.4. The van der Waals surface area contributed by atoms with E-state index in [1.54, 1.807) is 10.9 Å². The second-order valence-electron chi connectivity index (χ2n) is 7.85. The molecule has 2 heterocycles. The normalized spacial score (nSPS) is 18.6. The number of amides is 1. The van der Waals surface area contributed by atoms with Crippen LogP contribution in [-0.4, -0.2) is 32.4 Å². The molecule has 1 aromatic carbocycles. The Morgan fingerprint density at radius 1 is 1.21 bits per heavy atom. The van der Waals surface area contributed by atoms with Crippen LogP contribution in [0.3, 0.4) is 0 Å². The quantitative estimate of drug-likeness (QED) is 0.852. The number of fused-ring (bicyclic) bond motifs is 1. The summed E-state index contributed by atoms with van der Waals surface area (Å²) < 4.78 is 1.65. The van der Waals surface area contributed by atoms with Gasteiger partial charge in [0.05, 0.1) is 17.2 Å². The van der Waals surface area contributed by atoms with Crippen molar-refractivity contribution in [1.82, 2.24) is 14.5 Å². The van der Waals surface area contributed by atoms with Gasteiger partial charge in [0, 0.05) is 31.0 Å². The summed E-state index contributed by atoms with van der Waals surface area (Å²) in [5.74, 6) is 0.320. The van der Waals surface area contributed by atoms with Crippen LogP contribution in [-0.2, 0) is 11.3 Å². The van der Waals surface area contributed by atoms with E-state index in [1.165, 1.54) is 0 Å². The summed E-state index contributed by atoms with van der Waals surface area (Å²) in [4.78, 5) is 31.4. The van der Waals surface area contributed by atoms with E-state index in [1.807, 2.05) is 51.7 Å². The molecule has 2 aromatic rings. The number of aryl methyl sites for hydroxylation is 2. The van der Waals surface area contributed by atoms with Crippen LogP contribution in [0.4, 0.5) is 0 Å². The van der Waals surface area contributed by atoms with Gasteiger partial charge < -0.3 is 4.90 Å². The van der Waals surface area contributed by atoms with Crippen LogP contribution in [0.1, 0.15) is 38.3 Å². The molecule has 24 heavy (non-hydrogen) atoms. The zero-order valence-electron chi connectivity index (χ0n) is 15.1. The van der Waals surface area contributed by atoms with Crippen molar-refractivity contribution in [3.05, 3.63) is 39.9 Å². The maximum Gasteiger partial charge on any atom is 0.261 e. The lowest BCUT2D eigenvalue weighted by atomic mass is 10.1. The first-order valence-corrected chi connectivity index (χ1v) is 8.44. The Kier molecular flexibility index (Phi) is 3.98. The third-order valence-electron chi connectivity index (χ3n) is 4.99. The number of hydrogen-bond donors (Lipinski definition) is 0. The molecule has 0 aliphatic carbocycles. The highest BCUT2D eigenvalue weighted by Crippen LogP contribution is 2.26. The molecule has 0 bridgehead atoms. The molecule has 5 heteroatoms. The fourth-order valence-electron chi connectivity index (χ4n) is 3.43. The van der Waals surface area contributed by atoms with Gasteiger partial charge in [-0.15, -0.1) is 0 Å². The van der Waals surface area contributed by atoms with Crippen LogP contribution in [0.25, 0.3) is 10.9 Å². The third kappa shape index (κ3) is 2.83. The maximum atomic E-state index is 12.8. The van der Waals surface area contributed by atoms with E-state index in [4.69, 9.17) is 0 Å². The summed E-state index contributed by atoms with van der Waals surface area (Å²) in [5, 5.41) is 0.651. The second kappa shape index (κ2) is 5.72. The molecule has 1 aromatic heterocycles. The molecular formula is C19H25N3O2. The van der Waals surface area contributed by atoms with Gasteiger partial charge in [-0.1, -0.05) is 6.07 Å². The summed E-state index contributed by atoms with van der Waals surface area (Å²) in [6.07, 6.45) is 2.12. The first-order chi connectivity index (χ1) is 11.2. The molecule has 0 N–H and O–H groups in total. The van der Waals surface area contributed by atoms with Gasteiger partial charge in [-0.25, -0.2) is 4.98 Å². The smallest absolute Gasteiger partial charge is 0.261 e. The SMILES string of the molecule is Cc1ccc2c(=O)n(C[C@@H]3CC(=O)N(C(C)(C)C)C3)cnc2c1C. The van der Waals surface area contributed by atoms with Gasteiger partial charge in [0.1, 0.15) is 0 Å². The van der Waals surface area contributed by atoms with Crippen LogP contribution in [0.2, 0.25) is 0 Å². The molecule has 0 spiro atoms. The molecule has 1 atom stereocenters. The van der Waals surface area contributed by atoms with Crippen molar-refractivity contribution in [3.63, 3.8) is 0 Å². The summed E-state index contributed by atoms with van der Waals surface area (Å²) in [7, 11) is 0. The monoisotopic (exact) mass is 327 g/mol. The van der Waals surface area contributed by atoms with Crippen LogP contribution in [0.5, 0.6) is 0 Å². The largest absolute Gasteiger partial charge is 0.337 e. The van der Waals surface area contributed by atoms with Crippen molar-refractivity contribution in [2.24, 2.45) is 5.92 Å². The summed E-state index contributed by atoms with van der Waals surface area (Å²) in [6, 6.07) is 3.82. The van der Waals surface area contributed by atoms with Crippen molar-refractivity contribution in [2.45, 2.75) is 53.1 Å². The second-order valence-corrected chi connectivity index (χ2v) is 7.85. The van der Waals surface area contributed by atoms with Gasteiger partial charge >= 0.3 is 0 Å². The number of nitrogens with zero attached hydrogens (tertiary/aromatic N) is 3. The number of benzene rings is 1. The summed E-state index contributed by atoms with van der Waals surface area (Å²) >= 11 is 0. The van der Waals surface area contributed by atoms with Gasteiger partial charge in [-0.3, -0.25) is 14.2 Å². The molecular weight excluding hydrogens is 302 g/mol. The number of likely N-dealkylation sites (tertiary alicyclic amines) is 1. The first-order valence-electron chi connectivity index (χ1n) is 8.44. The molecule has 0 radical (unpaired) electrons. The maximum absolute atomic E-state index is 12.8. The number of carbonyl (C=O) groups is 1. The standard InChI is InChI=1S/C19H25N3O2/c1-12-6-7-15-17(13(12)2)20-11-21(18(15)24)9-14-8-16(23)22(10-14)19(3,4)5/h6-7,11,14H,8-10H2,1-5H3/t14-/m0/s1. The van der Waals surface area contributed by atoms with Crippen LogP contribution in [0, 0.1) is 19.8 Å². The molecule has 1 saturated heterocycles. The Bertz CT molecular complexity index is 861. The number of carbonyl (C=O) groups excluding carboxylic acids is 1. The third-order valence-corrected chi connectivity index (χ3v) is 4.99.